The molecule has 0 aliphatic heterocycles. The molecule has 0 radical (unpaired) electrons. The van der Waals surface area contributed by atoms with Crippen molar-refractivity contribution in [3.05, 3.63) is 29.8 Å². The van der Waals surface area contributed by atoms with Crippen LogP contribution < -0.4 is 4.68 Å². The molecule has 1 aromatic heterocycles. The van der Waals surface area contributed by atoms with Crippen molar-refractivity contribution < 1.29 is 14.2 Å². The SMILES string of the molecule is COC(=O)c1ccc(-[n+]2nn(C34CC5CC(CC(C5)C3)C4)nc2SC23CC4CC(CC(C4)C2)C3)cc1. The lowest BCUT2D eigenvalue weighted by atomic mass is 9.53. The zero-order chi connectivity index (χ0) is 24.1. The Hall–Kier alpha value is -1.89. The van der Waals surface area contributed by atoms with E-state index in [1.165, 1.54) is 84.2 Å². The van der Waals surface area contributed by atoms with Crippen molar-refractivity contribution in [1.29, 1.82) is 0 Å². The van der Waals surface area contributed by atoms with Crippen molar-refractivity contribution in [2.24, 2.45) is 35.5 Å². The molecular weight excluding hydrogens is 468 g/mol. The summed E-state index contributed by atoms with van der Waals surface area (Å²) in [5.41, 5.74) is 1.67. The van der Waals surface area contributed by atoms with Crippen molar-refractivity contribution in [3.63, 3.8) is 0 Å². The number of carbonyl (C=O) groups excluding carboxylic acids is 1. The Balaban J connectivity index is 1.19. The smallest absolute Gasteiger partial charge is 0.363 e. The van der Waals surface area contributed by atoms with Gasteiger partial charge in [-0.15, -0.1) is 0 Å². The Morgan fingerprint density at radius 2 is 1.36 bits per heavy atom. The Morgan fingerprint density at radius 1 is 0.861 bits per heavy atom. The number of benzene rings is 1. The first-order chi connectivity index (χ1) is 17.5. The van der Waals surface area contributed by atoms with Gasteiger partial charge in [0.05, 0.1) is 23.0 Å². The lowest BCUT2D eigenvalue weighted by molar-refractivity contribution is -0.699. The summed E-state index contributed by atoms with van der Waals surface area (Å²) in [6.45, 7) is 0. The number of tetrazole rings is 1. The Bertz CT molecular complexity index is 1130. The van der Waals surface area contributed by atoms with Crippen LogP contribution in [0.2, 0.25) is 0 Å². The van der Waals surface area contributed by atoms with Gasteiger partial charge in [-0.1, -0.05) is 4.68 Å². The molecule has 1 heterocycles. The highest BCUT2D eigenvalue weighted by Gasteiger charge is 2.58. The number of thioether (sulfide) groups is 1. The topological polar surface area (TPSA) is 60.9 Å². The second kappa shape index (κ2) is 7.81. The Morgan fingerprint density at radius 3 is 1.86 bits per heavy atom. The average molecular weight is 506 g/mol. The largest absolute Gasteiger partial charge is 0.465 e. The van der Waals surface area contributed by atoms with Crippen molar-refractivity contribution in [2.45, 2.75) is 92.5 Å². The molecule has 0 unspecified atom stereocenters. The van der Waals surface area contributed by atoms with Crippen LogP contribution >= 0.6 is 11.8 Å². The van der Waals surface area contributed by atoms with Crippen LogP contribution in [-0.4, -0.2) is 32.9 Å². The number of carbonyl (C=O) groups is 1. The van der Waals surface area contributed by atoms with Gasteiger partial charge in [-0.05, 0) is 153 Å². The number of hydrogen-bond acceptors (Lipinski definition) is 5. The first-order valence-electron chi connectivity index (χ1n) is 14.3. The molecule has 8 aliphatic carbocycles. The van der Waals surface area contributed by atoms with Gasteiger partial charge in [0.1, 0.15) is 11.2 Å². The molecule has 8 fully saturated rings. The molecule has 0 atom stereocenters. The van der Waals surface area contributed by atoms with Crippen LogP contribution in [-0.2, 0) is 10.3 Å². The Kier molecular flexibility index (Phi) is 4.80. The highest BCUT2D eigenvalue weighted by Crippen LogP contribution is 2.62. The molecule has 0 spiro atoms. The summed E-state index contributed by atoms with van der Waals surface area (Å²) in [7, 11) is 1.43. The maximum absolute atomic E-state index is 12.0. The van der Waals surface area contributed by atoms with Crippen LogP contribution in [0, 0.1) is 35.5 Å². The predicted octanol–water partition coefficient (Wildman–Crippen LogP) is 5.33. The quantitative estimate of drug-likeness (QED) is 0.406. The van der Waals surface area contributed by atoms with Gasteiger partial charge in [0.15, 0.2) is 0 Å². The zero-order valence-electron chi connectivity index (χ0n) is 21.3. The van der Waals surface area contributed by atoms with Gasteiger partial charge in [-0.25, -0.2) is 4.79 Å². The molecular formula is C29H37N4O2S+. The summed E-state index contributed by atoms with van der Waals surface area (Å²) in [6.07, 6.45) is 16.4. The average Bonchev–Trinajstić information content (AvgIpc) is 3.26. The summed E-state index contributed by atoms with van der Waals surface area (Å²) in [5.74, 6) is 5.00. The molecule has 7 heteroatoms. The summed E-state index contributed by atoms with van der Waals surface area (Å²) < 4.78 is 7.35. The first-order valence-corrected chi connectivity index (χ1v) is 15.1. The van der Waals surface area contributed by atoms with E-state index in [4.69, 9.17) is 15.0 Å². The van der Waals surface area contributed by atoms with E-state index in [9.17, 15) is 4.79 Å². The number of hydrogen-bond donors (Lipinski definition) is 0. The van der Waals surface area contributed by atoms with Crippen molar-refractivity contribution in [2.75, 3.05) is 7.11 Å². The van der Waals surface area contributed by atoms with E-state index in [2.05, 4.69) is 9.48 Å². The van der Waals surface area contributed by atoms with Crippen LogP contribution in [0.3, 0.4) is 0 Å². The molecule has 8 bridgehead atoms. The summed E-state index contributed by atoms with van der Waals surface area (Å²) in [4.78, 5) is 14.2. The minimum Gasteiger partial charge on any atom is -0.465 e. The highest BCUT2D eigenvalue weighted by atomic mass is 32.2. The van der Waals surface area contributed by atoms with Crippen LogP contribution in [0.25, 0.3) is 5.69 Å². The van der Waals surface area contributed by atoms with Gasteiger partial charge in [0.2, 0.25) is 0 Å². The third-order valence-corrected chi connectivity index (χ3v) is 12.2. The van der Waals surface area contributed by atoms with Gasteiger partial charge < -0.3 is 4.74 Å². The van der Waals surface area contributed by atoms with Gasteiger partial charge in [-0.2, -0.15) is 0 Å². The zero-order valence-corrected chi connectivity index (χ0v) is 22.1. The third-order valence-electron chi connectivity index (χ3n) is 10.8. The minimum absolute atomic E-state index is 0.0999. The molecule has 8 saturated carbocycles. The fourth-order valence-electron chi connectivity index (χ4n) is 10.2. The van der Waals surface area contributed by atoms with E-state index < -0.39 is 0 Å². The second-order valence-corrected chi connectivity index (χ2v) is 14.9. The monoisotopic (exact) mass is 505 g/mol. The number of aromatic nitrogens is 4. The molecule has 190 valence electrons. The van der Waals surface area contributed by atoms with E-state index >= 15 is 0 Å². The number of esters is 1. The minimum atomic E-state index is -0.299. The fourth-order valence-corrected chi connectivity index (χ4v) is 11.9. The van der Waals surface area contributed by atoms with Crippen LogP contribution in [0.15, 0.2) is 29.4 Å². The molecule has 2 aromatic rings. The van der Waals surface area contributed by atoms with Crippen molar-refractivity contribution >= 4 is 17.7 Å². The number of methoxy groups -OCH3 is 1. The third kappa shape index (κ3) is 3.44. The lowest BCUT2D eigenvalue weighted by Crippen LogP contribution is -2.53. The predicted molar refractivity (Wildman–Crippen MR) is 136 cm³/mol. The molecule has 0 N–H and O–H groups in total. The van der Waals surface area contributed by atoms with E-state index in [0.29, 0.717) is 10.3 Å². The maximum Gasteiger partial charge on any atom is 0.363 e. The molecule has 1 aromatic carbocycles. The molecule has 8 aliphatic rings. The lowest BCUT2D eigenvalue weighted by Gasteiger charge is -2.55. The van der Waals surface area contributed by atoms with Crippen LogP contribution in [0.4, 0.5) is 0 Å². The van der Waals surface area contributed by atoms with Gasteiger partial charge >= 0.3 is 11.1 Å². The summed E-state index contributed by atoms with van der Waals surface area (Å²) in [5, 5.41) is 11.7. The van der Waals surface area contributed by atoms with E-state index in [-0.39, 0.29) is 11.5 Å². The van der Waals surface area contributed by atoms with Gasteiger partial charge in [-0.3, -0.25) is 0 Å². The van der Waals surface area contributed by atoms with Crippen molar-refractivity contribution in [3.8, 4) is 5.69 Å². The maximum atomic E-state index is 12.0. The molecule has 10 rings (SSSR count). The molecule has 0 amide bonds. The fraction of sp³-hybridized carbons (Fsp3) is 0.724. The van der Waals surface area contributed by atoms with E-state index in [1.807, 2.05) is 36.0 Å². The first kappa shape index (κ1) is 22.1. The standard InChI is InChI=1S/C29H37N4O2S/c1-35-26(34)24-2-4-25(5-3-24)32-27(36-29-15-21-9-22(16-29)11-23(10-21)17-29)30-33(31-32)28-12-18-6-19(13-28)8-20(7-18)14-28/h2-5,18-23H,6-17H2,1H3/q+1. The van der Waals surface area contributed by atoms with Crippen molar-refractivity contribution in [1.82, 2.24) is 15.1 Å². The van der Waals surface area contributed by atoms with Crippen LogP contribution in [0.1, 0.15) is 87.4 Å². The number of rotatable bonds is 5. The normalized spacial score (nSPS) is 41.7. The second-order valence-electron chi connectivity index (χ2n) is 13.5. The van der Waals surface area contributed by atoms with Crippen LogP contribution in [0.5, 0.6) is 0 Å². The summed E-state index contributed by atoms with van der Waals surface area (Å²) >= 11 is 2.04. The number of nitrogens with zero attached hydrogens (tertiary/aromatic N) is 4. The summed E-state index contributed by atoms with van der Waals surface area (Å²) in [6, 6.07) is 7.73. The number of ether oxygens (including phenoxy) is 1. The van der Waals surface area contributed by atoms with Gasteiger partial charge in [0, 0.05) is 4.75 Å². The highest BCUT2D eigenvalue weighted by molar-refractivity contribution is 8.00. The molecule has 36 heavy (non-hydrogen) atoms. The van der Waals surface area contributed by atoms with Gasteiger partial charge in [0.25, 0.3) is 0 Å². The Labute approximate surface area is 217 Å². The molecule has 0 saturated heterocycles. The van der Waals surface area contributed by atoms with E-state index in [1.54, 1.807) is 0 Å². The molecule has 6 nitrogen and oxygen atoms in total. The van der Waals surface area contributed by atoms with E-state index in [0.717, 1.165) is 46.4 Å².